The SMILES string of the molecule is CN(CCCNC(=O)[C@@H]1C[C@H]2CC[C@H]1O2)c1cccc(F)c1. The van der Waals surface area contributed by atoms with Crippen molar-refractivity contribution in [1.82, 2.24) is 5.32 Å². The Hall–Kier alpha value is -1.62. The van der Waals surface area contributed by atoms with Gasteiger partial charge in [-0.05, 0) is 43.9 Å². The smallest absolute Gasteiger partial charge is 0.225 e. The van der Waals surface area contributed by atoms with Gasteiger partial charge in [0.15, 0.2) is 0 Å². The van der Waals surface area contributed by atoms with E-state index in [1.165, 1.54) is 12.1 Å². The first-order valence-electron chi connectivity index (χ1n) is 8.03. The summed E-state index contributed by atoms with van der Waals surface area (Å²) in [6, 6.07) is 6.55. The Morgan fingerprint density at radius 1 is 1.45 bits per heavy atom. The summed E-state index contributed by atoms with van der Waals surface area (Å²) >= 11 is 0. The van der Waals surface area contributed by atoms with Crippen molar-refractivity contribution in [2.75, 3.05) is 25.0 Å². The number of halogens is 1. The fraction of sp³-hybridized carbons (Fsp3) is 0.588. The second kappa shape index (κ2) is 6.65. The molecule has 120 valence electrons. The van der Waals surface area contributed by atoms with Crippen LogP contribution < -0.4 is 10.2 Å². The molecule has 0 aromatic heterocycles. The van der Waals surface area contributed by atoms with Crippen LogP contribution in [0.3, 0.4) is 0 Å². The Bertz CT molecular complexity index is 537. The van der Waals surface area contributed by atoms with E-state index in [0.717, 1.165) is 37.9 Å². The molecule has 1 aromatic carbocycles. The zero-order valence-electron chi connectivity index (χ0n) is 12.9. The largest absolute Gasteiger partial charge is 0.374 e. The topological polar surface area (TPSA) is 41.6 Å². The van der Waals surface area contributed by atoms with E-state index in [1.54, 1.807) is 6.07 Å². The molecule has 2 heterocycles. The fourth-order valence-electron chi connectivity index (χ4n) is 3.42. The summed E-state index contributed by atoms with van der Waals surface area (Å²) in [7, 11) is 1.93. The molecule has 0 saturated carbocycles. The quantitative estimate of drug-likeness (QED) is 0.820. The van der Waals surface area contributed by atoms with Crippen LogP contribution in [0.15, 0.2) is 24.3 Å². The minimum Gasteiger partial charge on any atom is -0.374 e. The van der Waals surface area contributed by atoms with Crippen molar-refractivity contribution < 1.29 is 13.9 Å². The molecule has 2 bridgehead atoms. The summed E-state index contributed by atoms with van der Waals surface area (Å²) in [5, 5.41) is 3.01. The number of nitrogens with one attached hydrogen (secondary N) is 1. The summed E-state index contributed by atoms with van der Waals surface area (Å²) in [6.07, 6.45) is 4.28. The molecule has 0 aliphatic carbocycles. The highest BCUT2D eigenvalue weighted by Crippen LogP contribution is 2.38. The van der Waals surface area contributed by atoms with Crippen LogP contribution in [0, 0.1) is 11.7 Å². The fourth-order valence-corrected chi connectivity index (χ4v) is 3.42. The van der Waals surface area contributed by atoms with E-state index in [0.29, 0.717) is 12.6 Å². The van der Waals surface area contributed by atoms with Gasteiger partial charge in [0.1, 0.15) is 5.82 Å². The summed E-state index contributed by atoms with van der Waals surface area (Å²) in [6.45, 7) is 1.42. The maximum absolute atomic E-state index is 13.2. The van der Waals surface area contributed by atoms with Crippen LogP contribution in [0.2, 0.25) is 0 Å². The van der Waals surface area contributed by atoms with E-state index in [9.17, 15) is 9.18 Å². The number of hydrogen-bond donors (Lipinski definition) is 1. The van der Waals surface area contributed by atoms with E-state index in [1.807, 2.05) is 18.0 Å². The predicted molar refractivity (Wildman–Crippen MR) is 83.3 cm³/mol. The molecule has 1 N–H and O–H groups in total. The minimum absolute atomic E-state index is 0.0414. The first-order valence-corrected chi connectivity index (χ1v) is 8.03. The number of carbonyl (C=O) groups is 1. The standard InChI is InChI=1S/C17H23FN2O2/c1-20(13-5-2-4-12(18)10-13)9-3-8-19-17(21)15-11-14-6-7-16(15)22-14/h2,4-5,10,14-16H,3,6-9,11H2,1H3,(H,19,21)/t14-,15-,16-/m1/s1. The Labute approximate surface area is 130 Å². The van der Waals surface area contributed by atoms with Gasteiger partial charge in [0.05, 0.1) is 18.1 Å². The molecule has 0 unspecified atom stereocenters. The van der Waals surface area contributed by atoms with Crippen molar-refractivity contribution in [3.63, 3.8) is 0 Å². The Balaban J connectivity index is 1.37. The highest BCUT2D eigenvalue weighted by atomic mass is 19.1. The number of hydrogen-bond acceptors (Lipinski definition) is 3. The number of fused-ring (bicyclic) bond motifs is 2. The van der Waals surface area contributed by atoms with Crippen LogP contribution in [0.4, 0.5) is 10.1 Å². The van der Waals surface area contributed by atoms with Gasteiger partial charge in [0, 0.05) is 25.8 Å². The lowest BCUT2D eigenvalue weighted by atomic mass is 9.88. The number of carbonyl (C=O) groups excluding carboxylic acids is 1. The number of rotatable bonds is 6. The molecule has 3 rings (SSSR count). The average Bonchev–Trinajstić information content (AvgIpc) is 3.14. The van der Waals surface area contributed by atoms with E-state index >= 15 is 0 Å². The maximum Gasteiger partial charge on any atom is 0.225 e. The van der Waals surface area contributed by atoms with Crippen LogP contribution in [-0.2, 0) is 9.53 Å². The van der Waals surface area contributed by atoms with Crippen molar-refractivity contribution >= 4 is 11.6 Å². The van der Waals surface area contributed by atoms with Gasteiger partial charge in [0.25, 0.3) is 0 Å². The molecule has 1 aromatic rings. The molecular weight excluding hydrogens is 283 g/mol. The van der Waals surface area contributed by atoms with Gasteiger partial charge in [-0.3, -0.25) is 4.79 Å². The molecule has 2 aliphatic rings. The molecule has 4 nitrogen and oxygen atoms in total. The van der Waals surface area contributed by atoms with Crippen molar-refractivity contribution in [3.05, 3.63) is 30.1 Å². The lowest BCUT2D eigenvalue weighted by Gasteiger charge is -2.21. The first-order chi connectivity index (χ1) is 10.6. The number of ether oxygens (including phenoxy) is 1. The third-order valence-electron chi connectivity index (χ3n) is 4.66. The summed E-state index contributed by atoms with van der Waals surface area (Å²) < 4.78 is 18.9. The van der Waals surface area contributed by atoms with E-state index < -0.39 is 0 Å². The zero-order valence-corrected chi connectivity index (χ0v) is 12.9. The molecule has 0 radical (unpaired) electrons. The number of amides is 1. The number of nitrogens with zero attached hydrogens (tertiary/aromatic N) is 1. The monoisotopic (exact) mass is 306 g/mol. The van der Waals surface area contributed by atoms with Gasteiger partial charge >= 0.3 is 0 Å². The van der Waals surface area contributed by atoms with Gasteiger partial charge in [-0.25, -0.2) is 4.39 Å². The lowest BCUT2D eigenvalue weighted by molar-refractivity contribution is -0.126. The lowest BCUT2D eigenvalue weighted by Crippen LogP contribution is -2.37. The highest BCUT2D eigenvalue weighted by Gasteiger charge is 2.44. The van der Waals surface area contributed by atoms with Crippen LogP contribution in [0.1, 0.15) is 25.7 Å². The van der Waals surface area contributed by atoms with Crippen LogP contribution >= 0.6 is 0 Å². The Morgan fingerprint density at radius 3 is 3.00 bits per heavy atom. The number of benzene rings is 1. The van der Waals surface area contributed by atoms with Crippen molar-refractivity contribution in [1.29, 1.82) is 0 Å². The van der Waals surface area contributed by atoms with Gasteiger partial charge in [-0.2, -0.15) is 0 Å². The molecule has 2 aliphatic heterocycles. The summed E-state index contributed by atoms with van der Waals surface area (Å²) in [5.41, 5.74) is 0.854. The second-order valence-corrected chi connectivity index (χ2v) is 6.26. The third-order valence-corrected chi connectivity index (χ3v) is 4.66. The second-order valence-electron chi connectivity index (χ2n) is 6.26. The molecule has 5 heteroatoms. The van der Waals surface area contributed by atoms with Crippen molar-refractivity contribution in [3.8, 4) is 0 Å². The molecule has 0 spiro atoms. The van der Waals surface area contributed by atoms with Crippen LogP contribution in [0.25, 0.3) is 0 Å². The molecule has 2 saturated heterocycles. The average molecular weight is 306 g/mol. The molecular formula is C17H23FN2O2. The first kappa shape index (κ1) is 15.3. The highest BCUT2D eigenvalue weighted by molar-refractivity contribution is 5.79. The predicted octanol–water partition coefficient (Wildman–Crippen LogP) is 2.34. The van der Waals surface area contributed by atoms with Crippen molar-refractivity contribution in [2.45, 2.75) is 37.9 Å². The summed E-state index contributed by atoms with van der Waals surface area (Å²) in [5.74, 6) is -0.0609. The Morgan fingerprint density at radius 2 is 2.32 bits per heavy atom. The van der Waals surface area contributed by atoms with E-state index in [-0.39, 0.29) is 23.7 Å². The van der Waals surface area contributed by atoms with Gasteiger partial charge in [-0.1, -0.05) is 6.07 Å². The van der Waals surface area contributed by atoms with Gasteiger partial charge in [0.2, 0.25) is 5.91 Å². The third kappa shape index (κ3) is 3.40. The summed E-state index contributed by atoms with van der Waals surface area (Å²) in [4.78, 5) is 14.1. The maximum atomic E-state index is 13.2. The van der Waals surface area contributed by atoms with Gasteiger partial charge < -0.3 is 15.0 Å². The Kier molecular flexibility index (Phi) is 4.62. The zero-order chi connectivity index (χ0) is 15.5. The molecule has 1 amide bonds. The number of anilines is 1. The molecule has 3 atom stereocenters. The van der Waals surface area contributed by atoms with E-state index in [4.69, 9.17) is 4.74 Å². The molecule has 2 fully saturated rings. The minimum atomic E-state index is -0.228. The van der Waals surface area contributed by atoms with Crippen LogP contribution in [0.5, 0.6) is 0 Å². The molecule has 22 heavy (non-hydrogen) atoms. The van der Waals surface area contributed by atoms with Gasteiger partial charge in [-0.15, -0.1) is 0 Å². The normalized spacial score (nSPS) is 26.2. The van der Waals surface area contributed by atoms with Crippen LogP contribution in [-0.4, -0.2) is 38.3 Å². The van der Waals surface area contributed by atoms with Crippen molar-refractivity contribution in [2.24, 2.45) is 5.92 Å². The van der Waals surface area contributed by atoms with E-state index in [2.05, 4.69) is 5.32 Å².